The lowest BCUT2D eigenvalue weighted by atomic mass is 10.1. The van der Waals surface area contributed by atoms with Gasteiger partial charge in [-0.25, -0.2) is 9.59 Å². The molecule has 0 aliphatic carbocycles. The number of ether oxygens (including phenoxy) is 2. The summed E-state index contributed by atoms with van der Waals surface area (Å²) in [6, 6.07) is 11.5. The van der Waals surface area contributed by atoms with Gasteiger partial charge in [-0.3, -0.25) is 0 Å². The van der Waals surface area contributed by atoms with Crippen molar-refractivity contribution in [3.8, 4) is 11.5 Å². The Bertz CT molecular complexity index is 694. The molecule has 0 N–H and O–H groups in total. The Labute approximate surface area is 122 Å². The van der Waals surface area contributed by atoms with Gasteiger partial charge >= 0.3 is 11.9 Å². The summed E-state index contributed by atoms with van der Waals surface area (Å²) >= 11 is 2.08. The lowest BCUT2D eigenvalue weighted by molar-refractivity contribution is 0.0668. The Kier molecular flexibility index (Phi) is 2.98. The van der Waals surface area contributed by atoms with Crippen LogP contribution in [-0.4, -0.2) is 11.9 Å². The van der Waals surface area contributed by atoms with E-state index in [4.69, 9.17) is 9.47 Å². The molecule has 4 nitrogen and oxygen atoms in total. The maximum Gasteiger partial charge on any atom is 0.347 e. The molecule has 0 saturated carbocycles. The number of para-hydroxylation sites is 1. The minimum Gasteiger partial charge on any atom is -0.422 e. The molecule has 0 fully saturated rings. The number of fused-ring (bicyclic) bond motifs is 2. The SMILES string of the molecule is O=C1Oc2cc(I)ccc2C(=O)Oc2ccccc21. The topological polar surface area (TPSA) is 52.6 Å². The third kappa shape index (κ3) is 2.21. The van der Waals surface area contributed by atoms with E-state index < -0.39 is 11.9 Å². The number of hydrogen-bond donors (Lipinski definition) is 0. The predicted molar refractivity (Wildman–Crippen MR) is 75.5 cm³/mol. The van der Waals surface area contributed by atoms with Crippen molar-refractivity contribution in [2.45, 2.75) is 0 Å². The molecule has 0 spiro atoms. The number of carbonyl (C=O) groups is 2. The van der Waals surface area contributed by atoms with Crippen LogP contribution in [0, 0.1) is 3.57 Å². The molecular weight excluding hydrogens is 359 g/mol. The van der Waals surface area contributed by atoms with Crippen LogP contribution >= 0.6 is 22.6 Å². The van der Waals surface area contributed by atoms with Gasteiger partial charge in [0.05, 0.1) is 0 Å². The van der Waals surface area contributed by atoms with E-state index in [2.05, 4.69) is 22.6 Å². The van der Waals surface area contributed by atoms with Gasteiger partial charge in [0, 0.05) is 3.57 Å². The van der Waals surface area contributed by atoms with Crippen LogP contribution in [0.25, 0.3) is 0 Å². The molecule has 1 aliphatic heterocycles. The van der Waals surface area contributed by atoms with Crippen molar-refractivity contribution in [2.24, 2.45) is 0 Å². The van der Waals surface area contributed by atoms with Gasteiger partial charge < -0.3 is 9.47 Å². The average Bonchev–Trinajstić information content (AvgIpc) is 2.38. The zero-order valence-electron chi connectivity index (χ0n) is 9.55. The Hall–Kier alpha value is -1.89. The van der Waals surface area contributed by atoms with Crippen molar-refractivity contribution in [3.05, 3.63) is 57.2 Å². The zero-order chi connectivity index (χ0) is 13.4. The summed E-state index contributed by atoms with van der Waals surface area (Å²) in [7, 11) is 0. The molecule has 5 heteroatoms. The van der Waals surface area contributed by atoms with Crippen LogP contribution in [0.15, 0.2) is 42.5 Å². The van der Waals surface area contributed by atoms with Crippen LogP contribution in [0.1, 0.15) is 20.7 Å². The second kappa shape index (κ2) is 4.65. The van der Waals surface area contributed by atoms with E-state index in [9.17, 15) is 9.59 Å². The molecule has 3 rings (SSSR count). The van der Waals surface area contributed by atoms with Gasteiger partial charge in [0.15, 0.2) is 0 Å². The Morgan fingerprint density at radius 3 is 2.21 bits per heavy atom. The summed E-state index contributed by atoms with van der Waals surface area (Å²) in [5, 5.41) is 0. The molecule has 2 aromatic rings. The van der Waals surface area contributed by atoms with Crippen molar-refractivity contribution < 1.29 is 19.1 Å². The quantitative estimate of drug-likeness (QED) is 0.409. The highest BCUT2D eigenvalue weighted by Crippen LogP contribution is 2.29. The minimum absolute atomic E-state index is 0.210. The van der Waals surface area contributed by atoms with Crippen LogP contribution in [-0.2, 0) is 0 Å². The van der Waals surface area contributed by atoms with E-state index >= 15 is 0 Å². The molecule has 1 heterocycles. The van der Waals surface area contributed by atoms with Crippen molar-refractivity contribution in [1.82, 2.24) is 0 Å². The van der Waals surface area contributed by atoms with Crippen LogP contribution in [0.2, 0.25) is 0 Å². The van der Waals surface area contributed by atoms with E-state index in [0.717, 1.165) is 3.57 Å². The molecule has 1 aliphatic rings. The average molecular weight is 366 g/mol. The molecule has 0 radical (unpaired) electrons. The first-order valence-electron chi connectivity index (χ1n) is 5.48. The standard InChI is InChI=1S/C14H7IO4/c15-8-5-6-10-12(7-8)19-13(16)9-3-1-2-4-11(9)18-14(10)17/h1-7H. The fourth-order valence-corrected chi connectivity index (χ4v) is 2.25. The summed E-state index contributed by atoms with van der Waals surface area (Å²) in [5.74, 6) is -0.643. The fraction of sp³-hybridized carbons (Fsp3) is 0. The first-order chi connectivity index (χ1) is 9.15. The summed E-state index contributed by atoms with van der Waals surface area (Å²) in [6.45, 7) is 0. The second-order valence-corrected chi connectivity index (χ2v) is 5.16. The minimum atomic E-state index is -0.536. The van der Waals surface area contributed by atoms with Gasteiger partial charge in [-0.15, -0.1) is 0 Å². The predicted octanol–water partition coefficient (Wildman–Crippen LogP) is 3.04. The maximum absolute atomic E-state index is 12.0. The molecular formula is C14H7IO4. The van der Waals surface area contributed by atoms with Gasteiger partial charge in [-0.2, -0.15) is 0 Å². The Morgan fingerprint density at radius 2 is 1.42 bits per heavy atom. The maximum atomic E-state index is 12.0. The number of hydrogen-bond acceptors (Lipinski definition) is 4. The first kappa shape index (κ1) is 12.2. The Morgan fingerprint density at radius 1 is 0.789 bits per heavy atom. The highest BCUT2D eigenvalue weighted by molar-refractivity contribution is 14.1. The van der Waals surface area contributed by atoms with Gasteiger partial charge in [-0.1, -0.05) is 12.1 Å². The van der Waals surface area contributed by atoms with Crippen LogP contribution < -0.4 is 9.47 Å². The molecule has 0 bridgehead atoms. The largest absolute Gasteiger partial charge is 0.422 e. The number of halogens is 1. The van der Waals surface area contributed by atoms with E-state index in [0.29, 0.717) is 0 Å². The van der Waals surface area contributed by atoms with E-state index in [1.54, 1.807) is 42.5 Å². The van der Waals surface area contributed by atoms with E-state index in [-0.39, 0.29) is 22.6 Å². The third-order valence-electron chi connectivity index (χ3n) is 2.68. The molecule has 2 aromatic carbocycles. The van der Waals surface area contributed by atoms with Gasteiger partial charge in [-0.05, 0) is 52.9 Å². The smallest absolute Gasteiger partial charge is 0.347 e. The van der Waals surface area contributed by atoms with Crippen molar-refractivity contribution >= 4 is 34.5 Å². The Balaban J connectivity index is 2.15. The summed E-state index contributed by atoms with van der Waals surface area (Å²) in [4.78, 5) is 24.0. The number of esters is 2. The van der Waals surface area contributed by atoms with Crippen LogP contribution in [0.3, 0.4) is 0 Å². The molecule has 0 atom stereocenters. The van der Waals surface area contributed by atoms with Gasteiger partial charge in [0.2, 0.25) is 0 Å². The van der Waals surface area contributed by atoms with Crippen molar-refractivity contribution in [2.75, 3.05) is 0 Å². The third-order valence-corrected chi connectivity index (χ3v) is 3.35. The number of rotatable bonds is 0. The summed E-state index contributed by atoms with van der Waals surface area (Å²) in [5.41, 5.74) is 0.476. The van der Waals surface area contributed by atoms with Crippen molar-refractivity contribution in [3.63, 3.8) is 0 Å². The molecule has 0 unspecified atom stereocenters. The zero-order valence-corrected chi connectivity index (χ0v) is 11.7. The molecule has 94 valence electrons. The fourth-order valence-electron chi connectivity index (χ4n) is 1.78. The number of carbonyl (C=O) groups excluding carboxylic acids is 2. The molecule has 0 aromatic heterocycles. The van der Waals surface area contributed by atoms with Crippen LogP contribution in [0.5, 0.6) is 11.5 Å². The first-order valence-corrected chi connectivity index (χ1v) is 6.56. The molecule has 0 saturated heterocycles. The molecule has 0 amide bonds. The highest BCUT2D eigenvalue weighted by atomic mass is 127. The lowest BCUT2D eigenvalue weighted by Crippen LogP contribution is -2.20. The lowest BCUT2D eigenvalue weighted by Gasteiger charge is -2.16. The monoisotopic (exact) mass is 366 g/mol. The highest BCUT2D eigenvalue weighted by Gasteiger charge is 2.25. The second-order valence-electron chi connectivity index (χ2n) is 3.92. The van der Waals surface area contributed by atoms with Crippen molar-refractivity contribution in [1.29, 1.82) is 0 Å². The summed E-state index contributed by atoms with van der Waals surface area (Å²) in [6.07, 6.45) is 0. The normalized spacial score (nSPS) is 13.5. The van der Waals surface area contributed by atoms with E-state index in [1.807, 2.05) is 0 Å². The van der Waals surface area contributed by atoms with Crippen LogP contribution in [0.4, 0.5) is 0 Å². The van der Waals surface area contributed by atoms with Gasteiger partial charge in [0.25, 0.3) is 0 Å². The molecule has 19 heavy (non-hydrogen) atoms. The number of benzene rings is 2. The summed E-state index contributed by atoms with van der Waals surface area (Å²) < 4.78 is 11.4. The van der Waals surface area contributed by atoms with E-state index in [1.165, 1.54) is 0 Å². The van der Waals surface area contributed by atoms with Gasteiger partial charge in [0.1, 0.15) is 22.6 Å².